The monoisotopic (exact) mass is 350 g/mol. The van der Waals surface area contributed by atoms with E-state index in [-0.39, 0.29) is 6.42 Å². The van der Waals surface area contributed by atoms with E-state index in [1.54, 1.807) is 0 Å². The van der Waals surface area contributed by atoms with E-state index in [1.807, 2.05) is 0 Å². The molecule has 140 valence electrons. The Morgan fingerprint density at radius 2 is 2.04 bits per heavy atom. The zero-order valence-electron chi connectivity index (χ0n) is 13.6. The molecule has 1 rings (SSSR count). The molecular formula is C13H26N4O7. The van der Waals surface area contributed by atoms with Crippen molar-refractivity contribution in [3.8, 4) is 0 Å². The zero-order valence-corrected chi connectivity index (χ0v) is 13.6. The van der Waals surface area contributed by atoms with E-state index >= 15 is 0 Å². The number of nitrogens with one attached hydrogen (secondary N) is 2. The van der Waals surface area contributed by atoms with Gasteiger partial charge < -0.3 is 41.6 Å². The number of amides is 1. The van der Waals surface area contributed by atoms with E-state index in [9.17, 15) is 24.9 Å². The van der Waals surface area contributed by atoms with Crippen molar-refractivity contribution < 1.29 is 34.4 Å². The number of hydrogen-bond donors (Lipinski definition) is 7. The first kappa shape index (κ1) is 20.7. The standard InChI is InChI=1S/C13H26N4O7/c1-5(19)16-9-6(17-13(14)15)3-8(12(21)22)24-11(9)10(23-2)7(20)4-18/h6-11,13,17-18,20H,3-4,14-15H2,1-2H3,(H,16,19)(H,21,22)/t6-,7+,8-,9+,10+,11+/m0/s1. The number of ether oxygens (including phenoxy) is 2. The van der Waals surface area contributed by atoms with Crippen molar-refractivity contribution in [2.24, 2.45) is 11.5 Å². The zero-order chi connectivity index (χ0) is 18.4. The summed E-state index contributed by atoms with van der Waals surface area (Å²) >= 11 is 0. The van der Waals surface area contributed by atoms with Crippen molar-refractivity contribution >= 4 is 11.9 Å². The summed E-state index contributed by atoms with van der Waals surface area (Å²) in [4.78, 5) is 22.9. The summed E-state index contributed by atoms with van der Waals surface area (Å²) in [6.45, 7) is 0.654. The third-order valence-corrected chi connectivity index (χ3v) is 3.79. The van der Waals surface area contributed by atoms with E-state index in [2.05, 4.69) is 10.6 Å². The summed E-state index contributed by atoms with van der Waals surface area (Å²) in [6, 6.07) is -1.42. The number of aliphatic carboxylic acids is 1. The maximum Gasteiger partial charge on any atom is 0.332 e. The average Bonchev–Trinajstić information content (AvgIpc) is 2.49. The van der Waals surface area contributed by atoms with Crippen molar-refractivity contribution in [3.05, 3.63) is 0 Å². The molecule has 1 heterocycles. The van der Waals surface area contributed by atoms with Crippen LogP contribution in [0.4, 0.5) is 0 Å². The molecule has 24 heavy (non-hydrogen) atoms. The van der Waals surface area contributed by atoms with Crippen LogP contribution in [0.25, 0.3) is 0 Å². The molecule has 11 heteroatoms. The Hall–Kier alpha value is -1.34. The number of carboxylic acid groups (broad SMARTS) is 1. The lowest BCUT2D eigenvalue weighted by Crippen LogP contribution is -2.69. The lowest BCUT2D eigenvalue weighted by molar-refractivity contribution is -0.189. The first-order valence-corrected chi connectivity index (χ1v) is 7.45. The van der Waals surface area contributed by atoms with Gasteiger partial charge in [0.25, 0.3) is 0 Å². The van der Waals surface area contributed by atoms with Gasteiger partial charge in [0.15, 0.2) is 6.10 Å². The number of aliphatic hydroxyl groups excluding tert-OH is 2. The van der Waals surface area contributed by atoms with Gasteiger partial charge in [-0.3, -0.25) is 10.1 Å². The lowest BCUT2D eigenvalue weighted by atomic mass is 9.88. The summed E-state index contributed by atoms with van der Waals surface area (Å²) in [7, 11) is 1.28. The third kappa shape index (κ3) is 5.34. The van der Waals surface area contributed by atoms with Gasteiger partial charge in [0.05, 0.1) is 12.6 Å². The third-order valence-electron chi connectivity index (χ3n) is 3.79. The fourth-order valence-corrected chi connectivity index (χ4v) is 2.83. The SMILES string of the molecule is CO[C@@H]([C@@H]1O[C@H](C(=O)O)C[C@H](NC(N)N)[C@H]1NC(C)=O)[C@H](O)CO. The quantitative estimate of drug-likeness (QED) is 0.214. The summed E-state index contributed by atoms with van der Waals surface area (Å²) in [6.07, 6.45) is -5.65. The largest absolute Gasteiger partial charge is 0.479 e. The molecule has 1 saturated heterocycles. The van der Waals surface area contributed by atoms with E-state index < -0.39 is 61.3 Å². The second-order valence-corrected chi connectivity index (χ2v) is 5.64. The highest BCUT2D eigenvalue weighted by Crippen LogP contribution is 2.26. The molecule has 11 nitrogen and oxygen atoms in total. The second kappa shape index (κ2) is 9.22. The van der Waals surface area contributed by atoms with Gasteiger partial charge in [-0.2, -0.15) is 0 Å². The van der Waals surface area contributed by atoms with E-state index in [0.717, 1.165) is 0 Å². The van der Waals surface area contributed by atoms with Gasteiger partial charge in [0.1, 0.15) is 24.6 Å². The molecule has 9 N–H and O–H groups in total. The Morgan fingerprint density at radius 3 is 2.46 bits per heavy atom. The van der Waals surface area contributed by atoms with Crippen LogP contribution >= 0.6 is 0 Å². The molecule has 0 aromatic carbocycles. The van der Waals surface area contributed by atoms with Crippen LogP contribution in [0.3, 0.4) is 0 Å². The fourth-order valence-electron chi connectivity index (χ4n) is 2.83. The van der Waals surface area contributed by atoms with Crippen molar-refractivity contribution in [3.63, 3.8) is 0 Å². The van der Waals surface area contributed by atoms with Crippen molar-refractivity contribution in [2.45, 2.75) is 56.1 Å². The minimum absolute atomic E-state index is 0.00661. The lowest BCUT2D eigenvalue weighted by Gasteiger charge is -2.45. The molecular weight excluding hydrogens is 324 g/mol. The number of nitrogens with two attached hydrogens (primary N) is 2. The maximum atomic E-state index is 11.5. The molecule has 1 amide bonds. The number of methoxy groups -OCH3 is 1. The summed E-state index contributed by atoms with van der Waals surface area (Å²) in [5.74, 6) is -1.61. The molecule has 1 aliphatic heterocycles. The first-order valence-electron chi connectivity index (χ1n) is 7.45. The first-order chi connectivity index (χ1) is 11.2. The van der Waals surface area contributed by atoms with Crippen molar-refractivity contribution in [1.29, 1.82) is 0 Å². The Bertz CT molecular complexity index is 437. The van der Waals surface area contributed by atoms with Crippen molar-refractivity contribution in [1.82, 2.24) is 10.6 Å². The van der Waals surface area contributed by atoms with Gasteiger partial charge >= 0.3 is 5.97 Å². The van der Waals surface area contributed by atoms with E-state index in [4.69, 9.17) is 20.9 Å². The highest BCUT2D eigenvalue weighted by Gasteiger charge is 2.47. The minimum Gasteiger partial charge on any atom is -0.479 e. The summed E-state index contributed by atoms with van der Waals surface area (Å²) < 4.78 is 10.7. The van der Waals surface area contributed by atoms with Crippen LogP contribution in [0.15, 0.2) is 0 Å². The predicted octanol–water partition coefficient (Wildman–Crippen LogP) is -3.74. The maximum absolute atomic E-state index is 11.5. The van der Waals surface area contributed by atoms with Crippen LogP contribution in [-0.4, -0.2) is 83.7 Å². The minimum atomic E-state index is -1.34. The predicted molar refractivity (Wildman–Crippen MR) is 81.5 cm³/mol. The van der Waals surface area contributed by atoms with Crippen LogP contribution in [0.5, 0.6) is 0 Å². The summed E-state index contributed by atoms with van der Waals surface area (Å²) in [5.41, 5.74) is 11.0. The molecule has 0 aromatic heterocycles. The smallest absolute Gasteiger partial charge is 0.332 e. The number of rotatable bonds is 8. The number of carboxylic acids is 1. The molecule has 0 aromatic rings. The normalized spacial score (nSPS) is 30.0. The number of hydrogen-bond acceptors (Lipinski definition) is 9. The topological polar surface area (TPSA) is 189 Å². The van der Waals surface area contributed by atoms with Crippen LogP contribution in [-0.2, 0) is 19.1 Å². The molecule has 6 atom stereocenters. The van der Waals surface area contributed by atoms with Gasteiger partial charge in [-0.1, -0.05) is 0 Å². The number of carbonyl (C=O) groups excluding carboxylic acids is 1. The molecule has 0 radical (unpaired) electrons. The van der Waals surface area contributed by atoms with E-state index in [0.29, 0.717) is 0 Å². The Morgan fingerprint density at radius 1 is 1.42 bits per heavy atom. The molecule has 1 fully saturated rings. The fraction of sp³-hybridized carbons (Fsp3) is 0.846. The van der Waals surface area contributed by atoms with Gasteiger partial charge in [-0.05, 0) is 0 Å². The van der Waals surface area contributed by atoms with Crippen LogP contribution < -0.4 is 22.1 Å². The van der Waals surface area contributed by atoms with Gasteiger partial charge in [0.2, 0.25) is 5.91 Å². The second-order valence-electron chi connectivity index (χ2n) is 5.64. The number of carbonyl (C=O) groups is 2. The Labute approximate surface area is 139 Å². The van der Waals surface area contributed by atoms with Gasteiger partial charge in [-0.25, -0.2) is 4.79 Å². The van der Waals surface area contributed by atoms with Gasteiger partial charge in [0, 0.05) is 26.5 Å². The van der Waals surface area contributed by atoms with Gasteiger partial charge in [-0.15, -0.1) is 0 Å². The molecule has 0 aliphatic carbocycles. The average molecular weight is 350 g/mol. The Balaban J connectivity index is 3.17. The molecule has 1 aliphatic rings. The van der Waals surface area contributed by atoms with Crippen LogP contribution in [0.2, 0.25) is 0 Å². The highest BCUT2D eigenvalue weighted by molar-refractivity contribution is 5.74. The van der Waals surface area contributed by atoms with Crippen LogP contribution in [0, 0.1) is 0 Å². The molecule has 0 saturated carbocycles. The van der Waals surface area contributed by atoms with Crippen molar-refractivity contribution in [2.75, 3.05) is 13.7 Å². The highest BCUT2D eigenvalue weighted by atomic mass is 16.6. The Kier molecular flexibility index (Phi) is 7.96. The van der Waals surface area contributed by atoms with E-state index in [1.165, 1.54) is 14.0 Å². The molecule has 0 bridgehead atoms. The number of aliphatic hydroxyl groups is 2. The molecule has 0 spiro atoms. The molecule has 0 unspecified atom stereocenters. The van der Waals surface area contributed by atoms with Crippen LogP contribution in [0.1, 0.15) is 13.3 Å². The summed E-state index contributed by atoms with van der Waals surface area (Å²) in [5, 5.41) is 33.8.